The summed E-state index contributed by atoms with van der Waals surface area (Å²) in [5.74, 6) is 0.863. The van der Waals surface area contributed by atoms with Gasteiger partial charge in [0.05, 0.1) is 33.3 Å². The fourth-order valence-electron chi connectivity index (χ4n) is 2.42. The van der Waals surface area contributed by atoms with E-state index in [2.05, 4.69) is 5.32 Å². The molecule has 1 aliphatic heterocycles. The molecule has 0 saturated carbocycles. The number of hydrogen-bond acceptors (Lipinski definition) is 3. The van der Waals surface area contributed by atoms with E-state index in [0.717, 1.165) is 37.6 Å². The van der Waals surface area contributed by atoms with E-state index in [9.17, 15) is 9.59 Å². The zero-order valence-corrected chi connectivity index (χ0v) is 12.5. The Hall–Kier alpha value is -2.08. The van der Waals surface area contributed by atoms with Crippen molar-refractivity contribution >= 4 is 17.5 Å². The van der Waals surface area contributed by atoms with Gasteiger partial charge in [0.2, 0.25) is 5.91 Å². The zero-order valence-electron chi connectivity index (χ0n) is 12.5. The van der Waals surface area contributed by atoms with E-state index in [1.807, 2.05) is 29.2 Å². The van der Waals surface area contributed by atoms with Crippen molar-refractivity contribution in [3.8, 4) is 5.75 Å². The van der Waals surface area contributed by atoms with Gasteiger partial charge in [-0.3, -0.25) is 9.59 Å². The van der Waals surface area contributed by atoms with Crippen LogP contribution in [-0.2, 0) is 9.59 Å². The smallest absolute Gasteiger partial charge is 0.279 e. The Balaban J connectivity index is 1.78. The van der Waals surface area contributed by atoms with Gasteiger partial charge in [-0.05, 0) is 24.3 Å². The normalized spacial score (nSPS) is 15.6. The van der Waals surface area contributed by atoms with E-state index in [-0.39, 0.29) is 11.8 Å². The summed E-state index contributed by atoms with van der Waals surface area (Å²) >= 11 is 0. The standard InChI is InChI=1S/C15H21N3O3/c1-12(19)18-9-7-17(8-10-18)11-15(20)16-13-3-5-14(21-2)6-4-13/h3-6H,7-11H2,1-2H3,(H,16,20)/p+1. The molecule has 1 saturated heterocycles. The van der Waals surface area contributed by atoms with Gasteiger partial charge < -0.3 is 19.9 Å². The van der Waals surface area contributed by atoms with Gasteiger partial charge in [-0.2, -0.15) is 0 Å². The fourth-order valence-corrected chi connectivity index (χ4v) is 2.42. The van der Waals surface area contributed by atoms with Crippen molar-refractivity contribution in [3.63, 3.8) is 0 Å². The second-order valence-electron chi connectivity index (χ2n) is 5.21. The molecule has 1 aliphatic rings. The minimum Gasteiger partial charge on any atom is -0.497 e. The summed E-state index contributed by atoms with van der Waals surface area (Å²) < 4.78 is 5.08. The summed E-state index contributed by atoms with van der Waals surface area (Å²) in [5, 5.41) is 2.88. The molecule has 1 fully saturated rings. The first-order chi connectivity index (χ1) is 10.1. The van der Waals surface area contributed by atoms with Crippen molar-refractivity contribution in [2.75, 3.05) is 45.2 Å². The van der Waals surface area contributed by atoms with Gasteiger partial charge in [-0.25, -0.2) is 0 Å². The van der Waals surface area contributed by atoms with Gasteiger partial charge in [0, 0.05) is 12.6 Å². The minimum atomic E-state index is -0.00792. The third-order valence-corrected chi connectivity index (χ3v) is 3.70. The molecule has 1 aromatic rings. The number of anilines is 1. The van der Waals surface area contributed by atoms with Crippen LogP contribution in [0.1, 0.15) is 6.92 Å². The highest BCUT2D eigenvalue weighted by molar-refractivity contribution is 5.91. The number of nitrogens with zero attached hydrogens (tertiary/aromatic N) is 1. The summed E-state index contributed by atoms with van der Waals surface area (Å²) in [6.07, 6.45) is 0. The summed E-state index contributed by atoms with van der Waals surface area (Å²) in [6.45, 7) is 5.09. The maximum Gasteiger partial charge on any atom is 0.279 e. The number of rotatable bonds is 4. The van der Waals surface area contributed by atoms with Gasteiger partial charge in [0.1, 0.15) is 5.75 Å². The molecule has 0 unspecified atom stereocenters. The van der Waals surface area contributed by atoms with E-state index in [0.29, 0.717) is 6.54 Å². The maximum atomic E-state index is 12.0. The molecule has 0 aliphatic carbocycles. The van der Waals surface area contributed by atoms with Crippen molar-refractivity contribution < 1.29 is 19.2 Å². The quantitative estimate of drug-likeness (QED) is 0.777. The Morgan fingerprint density at radius 3 is 2.38 bits per heavy atom. The van der Waals surface area contributed by atoms with Crippen molar-refractivity contribution in [3.05, 3.63) is 24.3 Å². The molecule has 0 aromatic heterocycles. The number of piperazine rings is 1. The Morgan fingerprint density at radius 2 is 1.86 bits per heavy atom. The lowest BCUT2D eigenvalue weighted by atomic mass is 10.3. The van der Waals surface area contributed by atoms with Crippen LogP contribution in [0, 0.1) is 0 Å². The van der Waals surface area contributed by atoms with Crippen LogP contribution in [0.3, 0.4) is 0 Å². The number of carbonyl (C=O) groups is 2. The number of nitrogens with one attached hydrogen (secondary N) is 2. The van der Waals surface area contributed by atoms with Gasteiger partial charge in [0.15, 0.2) is 6.54 Å². The molecule has 2 rings (SSSR count). The number of hydrogen-bond donors (Lipinski definition) is 2. The lowest BCUT2D eigenvalue weighted by Crippen LogP contribution is -3.15. The third kappa shape index (κ3) is 4.46. The monoisotopic (exact) mass is 292 g/mol. The predicted molar refractivity (Wildman–Crippen MR) is 79.4 cm³/mol. The number of methoxy groups -OCH3 is 1. The van der Waals surface area contributed by atoms with Crippen LogP contribution in [0.2, 0.25) is 0 Å². The SMILES string of the molecule is COc1ccc(NC(=O)C[NH+]2CCN(C(C)=O)CC2)cc1. The number of carbonyl (C=O) groups excluding carboxylic acids is 2. The molecular formula is C15H22N3O3+. The summed E-state index contributed by atoms with van der Waals surface area (Å²) in [6, 6.07) is 7.27. The maximum absolute atomic E-state index is 12.0. The van der Waals surface area contributed by atoms with Crippen LogP contribution in [0.25, 0.3) is 0 Å². The number of benzene rings is 1. The average Bonchev–Trinajstić information content (AvgIpc) is 2.48. The molecule has 6 nitrogen and oxygen atoms in total. The molecule has 0 bridgehead atoms. The molecule has 2 N–H and O–H groups in total. The number of amides is 2. The van der Waals surface area contributed by atoms with Gasteiger partial charge in [0.25, 0.3) is 5.91 Å². The van der Waals surface area contributed by atoms with Crippen LogP contribution in [0.5, 0.6) is 5.75 Å². The number of ether oxygens (including phenoxy) is 1. The summed E-state index contributed by atoms with van der Waals surface area (Å²) in [5.41, 5.74) is 0.766. The van der Waals surface area contributed by atoms with Crippen LogP contribution < -0.4 is 15.0 Å². The highest BCUT2D eigenvalue weighted by Crippen LogP contribution is 2.14. The van der Waals surface area contributed by atoms with E-state index < -0.39 is 0 Å². The molecule has 0 atom stereocenters. The van der Waals surface area contributed by atoms with E-state index in [4.69, 9.17) is 4.74 Å². The van der Waals surface area contributed by atoms with Crippen molar-refractivity contribution in [2.24, 2.45) is 0 Å². The lowest BCUT2D eigenvalue weighted by Gasteiger charge is -2.31. The molecule has 2 amide bonds. The summed E-state index contributed by atoms with van der Waals surface area (Å²) in [4.78, 5) is 26.3. The molecule has 114 valence electrons. The first-order valence-corrected chi connectivity index (χ1v) is 7.11. The minimum absolute atomic E-state index is 0.00792. The van der Waals surface area contributed by atoms with Gasteiger partial charge in [-0.1, -0.05) is 0 Å². The third-order valence-electron chi connectivity index (χ3n) is 3.70. The van der Waals surface area contributed by atoms with Gasteiger partial charge in [-0.15, -0.1) is 0 Å². The molecule has 1 aromatic carbocycles. The molecule has 0 radical (unpaired) electrons. The van der Waals surface area contributed by atoms with Crippen LogP contribution in [-0.4, -0.2) is 56.5 Å². The first-order valence-electron chi connectivity index (χ1n) is 7.11. The molecule has 6 heteroatoms. The summed E-state index contributed by atoms with van der Waals surface area (Å²) in [7, 11) is 1.61. The highest BCUT2D eigenvalue weighted by atomic mass is 16.5. The fraction of sp³-hybridized carbons (Fsp3) is 0.467. The van der Waals surface area contributed by atoms with E-state index in [1.165, 1.54) is 4.90 Å². The predicted octanol–water partition coefficient (Wildman–Crippen LogP) is -0.619. The van der Waals surface area contributed by atoms with E-state index >= 15 is 0 Å². The zero-order chi connectivity index (χ0) is 15.2. The Morgan fingerprint density at radius 1 is 1.24 bits per heavy atom. The Kier molecular flexibility index (Phi) is 5.16. The molecule has 1 heterocycles. The van der Waals surface area contributed by atoms with Crippen LogP contribution >= 0.6 is 0 Å². The molecular weight excluding hydrogens is 270 g/mol. The molecule has 0 spiro atoms. The highest BCUT2D eigenvalue weighted by Gasteiger charge is 2.23. The largest absolute Gasteiger partial charge is 0.497 e. The van der Waals surface area contributed by atoms with Crippen molar-refractivity contribution in [1.29, 1.82) is 0 Å². The average molecular weight is 292 g/mol. The van der Waals surface area contributed by atoms with Crippen LogP contribution in [0.4, 0.5) is 5.69 Å². The second kappa shape index (κ2) is 7.08. The molecule has 21 heavy (non-hydrogen) atoms. The number of quaternary nitrogens is 1. The van der Waals surface area contributed by atoms with Crippen molar-refractivity contribution in [2.45, 2.75) is 6.92 Å². The Labute approximate surface area is 124 Å². The van der Waals surface area contributed by atoms with Gasteiger partial charge >= 0.3 is 0 Å². The van der Waals surface area contributed by atoms with Crippen molar-refractivity contribution in [1.82, 2.24) is 4.90 Å². The topological polar surface area (TPSA) is 63.1 Å². The van der Waals surface area contributed by atoms with E-state index in [1.54, 1.807) is 14.0 Å². The van der Waals surface area contributed by atoms with Crippen LogP contribution in [0.15, 0.2) is 24.3 Å². The first kappa shape index (κ1) is 15.3. The Bertz CT molecular complexity index is 493. The lowest BCUT2D eigenvalue weighted by molar-refractivity contribution is -0.895. The second-order valence-corrected chi connectivity index (χ2v) is 5.21.